The number of benzene rings is 1. The fraction of sp³-hybridized carbons (Fsp3) is 0.333. The van der Waals surface area contributed by atoms with Crippen molar-refractivity contribution >= 4 is 23.2 Å². The van der Waals surface area contributed by atoms with Gasteiger partial charge in [-0.05, 0) is 36.1 Å². The Bertz CT molecular complexity index is 872. The molecule has 0 bridgehead atoms. The third kappa shape index (κ3) is 3.57. The summed E-state index contributed by atoms with van der Waals surface area (Å²) in [5, 5.41) is 15.8. The summed E-state index contributed by atoms with van der Waals surface area (Å²) in [6.07, 6.45) is -5.28. The molecule has 10 heteroatoms. The predicted molar refractivity (Wildman–Crippen MR) is 95.2 cm³/mol. The molecular weight excluding hydrogens is 397 g/mol. The second-order valence-electron chi connectivity index (χ2n) is 6.16. The van der Waals surface area contributed by atoms with Gasteiger partial charge in [0.1, 0.15) is 11.7 Å². The third-order valence-corrected chi connectivity index (χ3v) is 5.27. The number of ether oxygens (including phenoxy) is 1. The number of carbonyl (C=O) groups excluding carboxylic acids is 2. The van der Waals surface area contributed by atoms with E-state index >= 15 is 0 Å². The van der Waals surface area contributed by atoms with E-state index in [1.165, 1.54) is 35.6 Å². The van der Waals surface area contributed by atoms with Gasteiger partial charge in [-0.2, -0.15) is 13.2 Å². The van der Waals surface area contributed by atoms with E-state index in [2.05, 4.69) is 5.32 Å². The number of hydrogen-bond acceptors (Lipinski definition) is 5. The van der Waals surface area contributed by atoms with Gasteiger partial charge in [-0.3, -0.25) is 4.79 Å². The Morgan fingerprint density at radius 2 is 2.07 bits per heavy atom. The molecule has 2 amide bonds. The molecule has 1 saturated heterocycles. The maximum Gasteiger partial charge on any atom is 0.437 e. The Hall–Kier alpha value is -2.59. The SMILES string of the molecule is CCOc1cccc([C@@H]2NC(=O)N[C@@](O)(C(F)(F)F)[C@H]2C(=O)c2cccs2)c1. The van der Waals surface area contributed by atoms with Gasteiger partial charge in [0.25, 0.3) is 0 Å². The van der Waals surface area contributed by atoms with Crippen molar-refractivity contribution in [3.8, 4) is 5.75 Å². The number of urea groups is 1. The Labute approximate surface area is 162 Å². The lowest BCUT2D eigenvalue weighted by Gasteiger charge is -2.44. The van der Waals surface area contributed by atoms with Crippen molar-refractivity contribution in [1.29, 1.82) is 0 Å². The standard InChI is InChI=1S/C18H17F3N2O4S/c1-2-27-11-6-3-5-10(9-11)14-13(15(24)12-7-4-8-28-12)17(26,18(19,20)21)23-16(25)22-14/h3-9,13-14,26H,2H2,1H3,(H2,22,23,25)/t13-,14+,17+/m1/s1. The van der Waals surface area contributed by atoms with Crippen LogP contribution < -0.4 is 15.4 Å². The molecule has 2 heterocycles. The number of aliphatic hydroxyl groups is 1. The van der Waals surface area contributed by atoms with Crippen LogP contribution in [0.15, 0.2) is 41.8 Å². The first kappa shape index (κ1) is 20.2. The van der Waals surface area contributed by atoms with Gasteiger partial charge < -0.3 is 20.5 Å². The third-order valence-electron chi connectivity index (χ3n) is 4.38. The van der Waals surface area contributed by atoms with Crippen LogP contribution in [0.25, 0.3) is 0 Å². The van der Waals surface area contributed by atoms with Gasteiger partial charge >= 0.3 is 12.2 Å². The first-order chi connectivity index (χ1) is 13.2. The summed E-state index contributed by atoms with van der Waals surface area (Å²) in [6, 6.07) is 6.26. The van der Waals surface area contributed by atoms with Gasteiger partial charge in [0.05, 0.1) is 17.5 Å². The topological polar surface area (TPSA) is 87.7 Å². The van der Waals surface area contributed by atoms with Crippen molar-refractivity contribution in [3.05, 3.63) is 52.2 Å². The zero-order valence-electron chi connectivity index (χ0n) is 14.6. The number of alkyl halides is 3. The van der Waals surface area contributed by atoms with Crippen LogP contribution in [-0.4, -0.2) is 35.4 Å². The van der Waals surface area contributed by atoms with Gasteiger partial charge in [-0.15, -0.1) is 11.3 Å². The van der Waals surface area contributed by atoms with Gasteiger partial charge in [-0.25, -0.2) is 4.79 Å². The summed E-state index contributed by atoms with van der Waals surface area (Å²) >= 11 is 0.952. The largest absolute Gasteiger partial charge is 0.494 e. The quantitative estimate of drug-likeness (QED) is 0.656. The van der Waals surface area contributed by atoms with Crippen LogP contribution >= 0.6 is 11.3 Å². The van der Waals surface area contributed by atoms with Crippen molar-refractivity contribution in [2.45, 2.75) is 24.9 Å². The number of amides is 2. The molecule has 1 fully saturated rings. The second kappa shape index (κ2) is 7.44. The molecule has 3 rings (SSSR count). The Morgan fingerprint density at radius 3 is 2.68 bits per heavy atom. The number of thiophene rings is 1. The van der Waals surface area contributed by atoms with E-state index in [4.69, 9.17) is 4.74 Å². The van der Waals surface area contributed by atoms with Crippen LogP contribution in [0.3, 0.4) is 0 Å². The van der Waals surface area contributed by atoms with Crippen LogP contribution in [0.1, 0.15) is 28.2 Å². The normalized spacial score (nSPS) is 25.0. The highest BCUT2D eigenvalue weighted by molar-refractivity contribution is 7.12. The highest BCUT2D eigenvalue weighted by atomic mass is 32.1. The summed E-state index contributed by atoms with van der Waals surface area (Å²) in [5.41, 5.74) is -3.53. The monoisotopic (exact) mass is 414 g/mol. The zero-order chi connectivity index (χ0) is 20.5. The fourth-order valence-electron chi connectivity index (χ4n) is 3.15. The molecule has 28 heavy (non-hydrogen) atoms. The first-order valence-corrected chi connectivity index (χ1v) is 9.23. The van der Waals surface area contributed by atoms with Crippen LogP contribution in [0.5, 0.6) is 5.75 Å². The van der Waals surface area contributed by atoms with Gasteiger partial charge in [0.2, 0.25) is 5.72 Å². The van der Waals surface area contributed by atoms with Crippen LogP contribution in [0.2, 0.25) is 0 Å². The molecule has 0 saturated carbocycles. The number of nitrogens with one attached hydrogen (secondary N) is 2. The van der Waals surface area contributed by atoms with Crippen LogP contribution in [-0.2, 0) is 0 Å². The van der Waals surface area contributed by atoms with Gasteiger partial charge in [0, 0.05) is 0 Å². The van der Waals surface area contributed by atoms with Crippen molar-refractivity contribution < 1.29 is 32.6 Å². The summed E-state index contributed by atoms with van der Waals surface area (Å²) in [4.78, 5) is 24.9. The Morgan fingerprint density at radius 1 is 1.32 bits per heavy atom. The highest BCUT2D eigenvalue weighted by Gasteiger charge is 2.66. The number of carbonyl (C=O) groups is 2. The summed E-state index contributed by atoms with van der Waals surface area (Å²) in [5.74, 6) is -2.61. The van der Waals surface area contributed by atoms with Crippen molar-refractivity contribution in [2.24, 2.45) is 5.92 Å². The molecule has 0 radical (unpaired) electrons. The smallest absolute Gasteiger partial charge is 0.437 e. The first-order valence-electron chi connectivity index (χ1n) is 8.35. The van der Waals surface area contributed by atoms with E-state index in [0.29, 0.717) is 12.4 Å². The van der Waals surface area contributed by atoms with Crippen LogP contribution in [0, 0.1) is 5.92 Å². The number of rotatable bonds is 5. The lowest BCUT2D eigenvalue weighted by Crippen LogP contribution is -2.72. The number of halogens is 3. The average Bonchev–Trinajstić information content (AvgIpc) is 3.15. The Balaban J connectivity index is 2.13. The summed E-state index contributed by atoms with van der Waals surface area (Å²) < 4.78 is 46.7. The van der Waals surface area contributed by atoms with Crippen LogP contribution in [0.4, 0.5) is 18.0 Å². The Kier molecular flexibility index (Phi) is 5.35. The maximum absolute atomic E-state index is 13.8. The number of hydrogen-bond donors (Lipinski definition) is 3. The zero-order valence-corrected chi connectivity index (χ0v) is 15.4. The van der Waals surface area contributed by atoms with E-state index in [1.807, 2.05) is 0 Å². The molecule has 6 nitrogen and oxygen atoms in total. The van der Waals surface area contributed by atoms with E-state index in [0.717, 1.165) is 11.3 Å². The molecular formula is C18H17F3N2O4S. The van der Waals surface area contributed by atoms with Gasteiger partial charge in [0.15, 0.2) is 5.78 Å². The molecule has 1 aliphatic heterocycles. The minimum absolute atomic E-state index is 0.0385. The number of ketones is 1. The molecule has 0 aliphatic carbocycles. The molecule has 0 spiro atoms. The molecule has 1 aromatic heterocycles. The predicted octanol–water partition coefficient (Wildman–Crippen LogP) is 3.25. The lowest BCUT2D eigenvalue weighted by molar-refractivity contribution is -0.287. The van der Waals surface area contributed by atoms with Crippen molar-refractivity contribution in [1.82, 2.24) is 10.6 Å². The minimum Gasteiger partial charge on any atom is -0.494 e. The van der Waals surface area contributed by atoms with E-state index in [9.17, 15) is 27.9 Å². The molecule has 2 aromatic rings. The van der Waals surface area contributed by atoms with E-state index in [1.54, 1.807) is 18.4 Å². The van der Waals surface area contributed by atoms with Crippen molar-refractivity contribution in [2.75, 3.05) is 6.61 Å². The fourth-order valence-corrected chi connectivity index (χ4v) is 3.86. The minimum atomic E-state index is -5.28. The lowest BCUT2D eigenvalue weighted by atomic mass is 9.78. The maximum atomic E-state index is 13.8. The molecule has 3 atom stereocenters. The average molecular weight is 414 g/mol. The second-order valence-corrected chi connectivity index (χ2v) is 7.11. The summed E-state index contributed by atoms with van der Waals surface area (Å²) in [6.45, 7) is 2.07. The molecule has 150 valence electrons. The highest BCUT2D eigenvalue weighted by Crippen LogP contribution is 2.44. The van der Waals surface area contributed by atoms with Crippen molar-refractivity contribution in [3.63, 3.8) is 0 Å². The molecule has 1 aromatic carbocycles. The molecule has 0 unspecified atom stereocenters. The van der Waals surface area contributed by atoms with Gasteiger partial charge in [-0.1, -0.05) is 18.2 Å². The number of Topliss-reactive ketones (excluding diaryl/α,β-unsaturated/α-hetero) is 1. The molecule has 3 N–H and O–H groups in total. The van der Waals surface area contributed by atoms with E-state index in [-0.39, 0.29) is 10.4 Å². The molecule has 1 aliphatic rings. The van der Waals surface area contributed by atoms with E-state index < -0.39 is 35.7 Å². The summed E-state index contributed by atoms with van der Waals surface area (Å²) in [7, 11) is 0.